The number of carbonyl (C=O) groups is 1. The van der Waals surface area contributed by atoms with Crippen LogP contribution in [0, 0.1) is 0 Å². The summed E-state index contributed by atoms with van der Waals surface area (Å²) in [6.07, 6.45) is 1.20. The third-order valence-electron chi connectivity index (χ3n) is 0.586. The van der Waals surface area contributed by atoms with Gasteiger partial charge in [-0.25, -0.2) is 0 Å². The Labute approximate surface area is 72.3 Å². The van der Waals surface area contributed by atoms with Crippen molar-refractivity contribution in [1.29, 1.82) is 0 Å². The minimum atomic E-state index is -0.345. The van der Waals surface area contributed by atoms with E-state index < -0.39 is 0 Å². The van der Waals surface area contributed by atoms with Gasteiger partial charge in [0.05, 0.1) is 0 Å². The van der Waals surface area contributed by atoms with Crippen molar-refractivity contribution < 1.29 is 40.6 Å². The molecular weight excluding hydrogens is 117 g/mol. The molecular formula is C4H10NNaO2. The molecule has 0 fully saturated rings. The molecule has 0 aromatic rings. The Morgan fingerprint density at radius 2 is 2.38 bits per heavy atom. The van der Waals surface area contributed by atoms with Gasteiger partial charge in [-0.05, 0) is 6.42 Å². The molecule has 0 unspecified atom stereocenters. The van der Waals surface area contributed by atoms with Crippen molar-refractivity contribution in [3.63, 3.8) is 0 Å². The van der Waals surface area contributed by atoms with Crippen LogP contribution in [0.25, 0.3) is 0 Å². The first-order valence-corrected chi connectivity index (χ1v) is 2.20. The Morgan fingerprint density at radius 3 is 2.50 bits per heavy atom. The predicted octanol–water partition coefficient (Wildman–Crippen LogP) is -2.68. The van der Waals surface area contributed by atoms with E-state index in [0.29, 0.717) is 6.42 Å². The minimum absolute atomic E-state index is 0. The average molecular weight is 127 g/mol. The Morgan fingerprint density at radius 1 is 1.88 bits per heavy atom. The van der Waals surface area contributed by atoms with Crippen molar-refractivity contribution >= 4 is 5.97 Å². The van der Waals surface area contributed by atoms with Crippen LogP contribution in [0.15, 0.2) is 0 Å². The molecule has 0 atom stereocenters. The van der Waals surface area contributed by atoms with Crippen LogP contribution in [-0.4, -0.2) is 5.97 Å². The van der Waals surface area contributed by atoms with Crippen molar-refractivity contribution in [3.8, 4) is 0 Å². The zero-order chi connectivity index (χ0) is 5.70. The van der Waals surface area contributed by atoms with Crippen LogP contribution in [0.4, 0.5) is 0 Å². The van der Waals surface area contributed by atoms with Gasteiger partial charge in [-0.2, -0.15) is 5.90 Å². The Hall–Kier alpha value is 0.430. The molecule has 2 N–H and O–H groups in total. The molecule has 0 saturated carbocycles. The average Bonchev–Trinajstić information content (AvgIpc) is 1.68. The molecule has 0 heterocycles. The SMILES string of the molecule is CCCC(=O)ON.[H-].[Na+]. The number of hydrogen-bond donors (Lipinski definition) is 1. The molecule has 0 radical (unpaired) electrons. The number of nitrogens with two attached hydrogens (primary N) is 1. The second kappa shape index (κ2) is 7.43. The maximum atomic E-state index is 10.1. The minimum Gasteiger partial charge on any atom is -1.00 e. The van der Waals surface area contributed by atoms with Crippen molar-refractivity contribution in [3.05, 3.63) is 0 Å². The fourth-order valence-electron chi connectivity index (χ4n) is 0.263. The second-order valence-electron chi connectivity index (χ2n) is 1.24. The van der Waals surface area contributed by atoms with Crippen molar-refractivity contribution in [2.24, 2.45) is 5.90 Å². The largest absolute Gasteiger partial charge is 1.00 e. The molecule has 0 spiro atoms. The Kier molecular flexibility index (Phi) is 10.5. The van der Waals surface area contributed by atoms with E-state index in [1.807, 2.05) is 6.92 Å². The van der Waals surface area contributed by atoms with Gasteiger partial charge in [0.15, 0.2) is 0 Å². The first-order chi connectivity index (χ1) is 3.31. The molecule has 8 heavy (non-hydrogen) atoms. The van der Waals surface area contributed by atoms with Crippen LogP contribution in [0.3, 0.4) is 0 Å². The maximum absolute atomic E-state index is 10.1. The van der Waals surface area contributed by atoms with Gasteiger partial charge >= 0.3 is 35.5 Å². The molecule has 0 aromatic heterocycles. The van der Waals surface area contributed by atoms with E-state index in [0.717, 1.165) is 6.42 Å². The molecule has 0 bridgehead atoms. The van der Waals surface area contributed by atoms with Crippen molar-refractivity contribution in [1.82, 2.24) is 0 Å². The summed E-state index contributed by atoms with van der Waals surface area (Å²) in [6, 6.07) is 0. The Balaban J connectivity index is -0.000000180. The maximum Gasteiger partial charge on any atom is 1.00 e. The van der Waals surface area contributed by atoms with Crippen molar-refractivity contribution in [2.75, 3.05) is 0 Å². The molecule has 3 nitrogen and oxygen atoms in total. The van der Waals surface area contributed by atoms with Gasteiger partial charge in [0.1, 0.15) is 0 Å². The Bertz CT molecular complexity index is 71.6. The third-order valence-corrected chi connectivity index (χ3v) is 0.586. The molecule has 0 aliphatic rings. The summed E-state index contributed by atoms with van der Waals surface area (Å²) in [5, 5.41) is 0. The second-order valence-corrected chi connectivity index (χ2v) is 1.24. The van der Waals surface area contributed by atoms with Gasteiger partial charge < -0.3 is 6.26 Å². The smallest absolute Gasteiger partial charge is 1.00 e. The number of rotatable bonds is 2. The standard InChI is InChI=1S/C4H9NO2.Na.H/c1-2-3-4(6)7-5;;/h2-3,5H2,1H3;;/q;+1;-1. The van der Waals surface area contributed by atoms with Gasteiger partial charge in [-0.1, -0.05) is 6.92 Å². The predicted molar refractivity (Wildman–Crippen MR) is 26.3 cm³/mol. The number of carbonyl (C=O) groups excluding carboxylic acids is 1. The van der Waals surface area contributed by atoms with Gasteiger partial charge in [0, 0.05) is 6.42 Å². The van der Waals surface area contributed by atoms with E-state index in [-0.39, 0.29) is 37.0 Å². The van der Waals surface area contributed by atoms with E-state index in [9.17, 15) is 4.79 Å². The summed E-state index contributed by atoms with van der Waals surface area (Å²) in [5.41, 5.74) is 0. The zero-order valence-electron chi connectivity index (χ0n) is 6.31. The first kappa shape index (κ1) is 11.3. The molecule has 0 aliphatic carbocycles. The monoisotopic (exact) mass is 127 g/mol. The van der Waals surface area contributed by atoms with Crippen LogP contribution in [0.2, 0.25) is 0 Å². The molecule has 0 aliphatic heterocycles. The van der Waals surface area contributed by atoms with E-state index in [4.69, 9.17) is 0 Å². The molecule has 44 valence electrons. The van der Waals surface area contributed by atoms with Gasteiger partial charge in [-0.15, -0.1) is 0 Å². The molecule has 0 rings (SSSR count). The van der Waals surface area contributed by atoms with Crippen LogP contribution >= 0.6 is 0 Å². The van der Waals surface area contributed by atoms with Crippen molar-refractivity contribution in [2.45, 2.75) is 19.8 Å². The topological polar surface area (TPSA) is 52.3 Å². The van der Waals surface area contributed by atoms with Crippen LogP contribution in [-0.2, 0) is 9.63 Å². The first-order valence-electron chi connectivity index (χ1n) is 2.20. The molecule has 0 aromatic carbocycles. The van der Waals surface area contributed by atoms with Crippen LogP contribution in [0.5, 0.6) is 0 Å². The van der Waals surface area contributed by atoms with E-state index >= 15 is 0 Å². The molecule has 4 heteroatoms. The van der Waals surface area contributed by atoms with Crippen LogP contribution in [0.1, 0.15) is 21.2 Å². The summed E-state index contributed by atoms with van der Waals surface area (Å²) >= 11 is 0. The van der Waals surface area contributed by atoms with Gasteiger partial charge in [-0.3, -0.25) is 4.79 Å². The van der Waals surface area contributed by atoms with Gasteiger partial charge in [0.25, 0.3) is 0 Å². The summed E-state index contributed by atoms with van der Waals surface area (Å²) < 4.78 is 0. The van der Waals surface area contributed by atoms with E-state index in [2.05, 4.69) is 10.7 Å². The quantitative estimate of drug-likeness (QED) is 0.325. The summed E-state index contributed by atoms with van der Waals surface area (Å²) in [4.78, 5) is 13.9. The third kappa shape index (κ3) is 6.43. The normalized spacial score (nSPS) is 7.25. The summed E-state index contributed by atoms with van der Waals surface area (Å²) in [7, 11) is 0. The van der Waals surface area contributed by atoms with Gasteiger partial charge in [0.2, 0.25) is 0 Å². The zero-order valence-corrected chi connectivity index (χ0v) is 7.31. The fourth-order valence-corrected chi connectivity index (χ4v) is 0.263. The van der Waals surface area contributed by atoms with Crippen LogP contribution < -0.4 is 35.5 Å². The fraction of sp³-hybridized carbons (Fsp3) is 0.750. The van der Waals surface area contributed by atoms with E-state index in [1.54, 1.807) is 0 Å². The number of hydrogen-bond acceptors (Lipinski definition) is 3. The molecule has 0 saturated heterocycles. The summed E-state index contributed by atoms with van der Waals surface area (Å²) in [6.45, 7) is 1.89. The molecule has 0 amide bonds. The summed E-state index contributed by atoms with van der Waals surface area (Å²) in [5.74, 6) is 4.16. The van der Waals surface area contributed by atoms with E-state index in [1.165, 1.54) is 0 Å².